The Morgan fingerprint density at radius 2 is 1.90 bits per heavy atom. The minimum Gasteiger partial charge on any atom is -0.370 e. The summed E-state index contributed by atoms with van der Waals surface area (Å²) in [6.07, 6.45) is 2.33. The summed E-state index contributed by atoms with van der Waals surface area (Å²) in [5, 5.41) is 6.46. The van der Waals surface area contributed by atoms with Crippen LogP contribution in [-0.2, 0) is 6.42 Å². The minimum atomic E-state index is -0.206. The highest BCUT2D eigenvalue weighted by molar-refractivity contribution is 5.65. The Morgan fingerprint density at radius 1 is 1.15 bits per heavy atom. The summed E-state index contributed by atoms with van der Waals surface area (Å²) in [6.45, 7) is 6.63. The Balaban J connectivity index is 2.32. The van der Waals surface area contributed by atoms with E-state index in [4.69, 9.17) is 0 Å². The predicted octanol–water partition coefficient (Wildman–Crippen LogP) is 3.66. The highest BCUT2D eigenvalue weighted by atomic mass is 19.1. The quantitative estimate of drug-likeness (QED) is 0.873. The molecule has 0 aliphatic carbocycles. The fourth-order valence-corrected chi connectivity index (χ4v) is 2.03. The molecule has 2 rings (SSSR count). The van der Waals surface area contributed by atoms with Gasteiger partial charge in [-0.3, -0.25) is 0 Å². The smallest absolute Gasteiger partial charge is 0.139 e. The molecule has 5 heteroatoms. The Morgan fingerprint density at radius 3 is 2.55 bits per heavy atom. The second-order valence-electron chi connectivity index (χ2n) is 4.52. The van der Waals surface area contributed by atoms with Crippen molar-refractivity contribution in [1.29, 1.82) is 0 Å². The molecule has 106 valence electrons. The van der Waals surface area contributed by atoms with Crippen molar-refractivity contribution in [2.45, 2.75) is 27.2 Å². The van der Waals surface area contributed by atoms with Gasteiger partial charge in [0.1, 0.15) is 23.8 Å². The third-order valence-electron chi connectivity index (χ3n) is 3.06. The molecule has 1 heterocycles. The largest absolute Gasteiger partial charge is 0.370 e. The van der Waals surface area contributed by atoms with Crippen LogP contribution in [0, 0.1) is 12.7 Å². The summed E-state index contributed by atoms with van der Waals surface area (Å²) in [6, 6.07) is 4.93. The standard InChI is InChI=1S/C15H19FN4/c1-4-12-14(17-5-2)18-9-19-15(12)20-11-6-7-13(16)10(3)8-11/h6-9H,4-5H2,1-3H3,(H2,17,18,19,20). The molecule has 0 aliphatic heterocycles. The summed E-state index contributed by atoms with van der Waals surface area (Å²) >= 11 is 0. The van der Waals surface area contributed by atoms with Gasteiger partial charge in [0, 0.05) is 17.8 Å². The zero-order valence-corrected chi connectivity index (χ0v) is 12.0. The second kappa shape index (κ2) is 6.32. The average molecular weight is 274 g/mol. The Bertz CT molecular complexity index is 598. The molecular weight excluding hydrogens is 255 g/mol. The number of halogens is 1. The first kappa shape index (κ1) is 14.2. The van der Waals surface area contributed by atoms with Gasteiger partial charge in [-0.2, -0.15) is 0 Å². The molecule has 0 amide bonds. The molecule has 20 heavy (non-hydrogen) atoms. The summed E-state index contributed by atoms with van der Waals surface area (Å²) in [5.41, 5.74) is 2.45. The zero-order valence-electron chi connectivity index (χ0n) is 12.0. The van der Waals surface area contributed by atoms with Gasteiger partial charge in [0.05, 0.1) is 0 Å². The highest BCUT2D eigenvalue weighted by Crippen LogP contribution is 2.24. The van der Waals surface area contributed by atoms with Crippen LogP contribution >= 0.6 is 0 Å². The van der Waals surface area contributed by atoms with Gasteiger partial charge in [0.2, 0.25) is 0 Å². The lowest BCUT2D eigenvalue weighted by atomic mass is 10.2. The summed E-state index contributed by atoms with van der Waals surface area (Å²) in [5.74, 6) is 1.39. The van der Waals surface area contributed by atoms with Gasteiger partial charge in [0.25, 0.3) is 0 Å². The van der Waals surface area contributed by atoms with Crippen molar-refractivity contribution in [2.75, 3.05) is 17.2 Å². The van der Waals surface area contributed by atoms with Gasteiger partial charge in [-0.25, -0.2) is 14.4 Å². The van der Waals surface area contributed by atoms with Crippen LogP contribution in [0.4, 0.5) is 21.7 Å². The zero-order chi connectivity index (χ0) is 14.5. The first-order valence-corrected chi connectivity index (χ1v) is 6.76. The molecule has 0 atom stereocenters. The van der Waals surface area contributed by atoms with Gasteiger partial charge in [-0.1, -0.05) is 6.92 Å². The van der Waals surface area contributed by atoms with Gasteiger partial charge < -0.3 is 10.6 Å². The summed E-state index contributed by atoms with van der Waals surface area (Å²) in [4.78, 5) is 8.53. The van der Waals surface area contributed by atoms with E-state index in [9.17, 15) is 4.39 Å². The third-order valence-corrected chi connectivity index (χ3v) is 3.06. The third kappa shape index (κ3) is 3.04. The number of hydrogen-bond donors (Lipinski definition) is 2. The number of nitrogens with zero attached hydrogens (tertiary/aromatic N) is 2. The van der Waals surface area contributed by atoms with Crippen molar-refractivity contribution in [2.24, 2.45) is 0 Å². The van der Waals surface area contributed by atoms with Crippen LogP contribution in [0.1, 0.15) is 25.0 Å². The Labute approximate surface area is 118 Å². The molecular formula is C15H19FN4. The van der Waals surface area contributed by atoms with Crippen LogP contribution in [0.3, 0.4) is 0 Å². The Hall–Kier alpha value is -2.17. The van der Waals surface area contributed by atoms with Crippen LogP contribution in [0.5, 0.6) is 0 Å². The van der Waals surface area contributed by atoms with E-state index in [0.29, 0.717) is 5.56 Å². The first-order valence-electron chi connectivity index (χ1n) is 6.76. The maximum atomic E-state index is 13.3. The van der Waals surface area contributed by atoms with E-state index in [-0.39, 0.29) is 5.82 Å². The predicted molar refractivity (Wildman–Crippen MR) is 80.0 cm³/mol. The Kier molecular flexibility index (Phi) is 4.50. The maximum absolute atomic E-state index is 13.3. The van der Waals surface area contributed by atoms with Crippen LogP contribution in [-0.4, -0.2) is 16.5 Å². The SMILES string of the molecule is CCNc1ncnc(Nc2ccc(F)c(C)c2)c1CC. The van der Waals surface area contributed by atoms with E-state index in [1.165, 1.54) is 12.4 Å². The lowest BCUT2D eigenvalue weighted by molar-refractivity contribution is 0.619. The van der Waals surface area contributed by atoms with Gasteiger partial charge in [-0.15, -0.1) is 0 Å². The van der Waals surface area contributed by atoms with E-state index >= 15 is 0 Å². The molecule has 0 radical (unpaired) electrons. The topological polar surface area (TPSA) is 49.8 Å². The molecule has 4 nitrogen and oxygen atoms in total. The van der Waals surface area contributed by atoms with Crippen molar-refractivity contribution < 1.29 is 4.39 Å². The minimum absolute atomic E-state index is 0.206. The number of anilines is 3. The normalized spacial score (nSPS) is 10.4. The molecule has 2 aromatic rings. The number of rotatable bonds is 5. The second-order valence-corrected chi connectivity index (χ2v) is 4.52. The van der Waals surface area contributed by atoms with Crippen molar-refractivity contribution >= 4 is 17.3 Å². The lowest BCUT2D eigenvalue weighted by Crippen LogP contribution is -2.07. The van der Waals surface area contributed by atoms with E-state index in [0.717, 1.165) is 35.9 Å². The number of benzene rings is 1. The van der Waals surface area contributed by atoms with Crippen LogP contribution in [0.25, 0.3) is 0 Å². The van der Waals surface area contributed by atoms with Crippen molar-refractivity contribution in [3.63, 3.8) is 0 Å². The number of aryl methyl sites for hydroxylation is 1. The van der Waals surface area contributed by atoms with E-state index < -0.39 is 0 Å². The molecule has 0 bridgehead atoms. The molecule has 0 aliphatic rings. The summed E-state index contributed by atoms with van der Waals surface area (Å²) in [7, 11) is 0. The van der Waals surface area contributed by atoms with Crippen LogP contribution < -0.4 is 10.6 Å². The molecule has 0 spiro atoms. The van der Waals surface area contributed by atoms with Gasteiger partial charge >= 0.3 is 0 Å². The van der Waals surface area contributed by atoms with Crippen molar-refractivity contribution in [1.82, 2.24) is 9.97 Å². The number of hydrogen-bond acceptors (Lipinski definition) is 4. The van der Waals surface area contributed by atoms with Gasteiger partial charge in [-0.05, 0) is 44.0 Å². The fraction of sp³-hybridized carbons (Fsp3) is 0.333. The van der Waals surface area contributed by atoms with E-state index in [2.05, 4.69) is 27.5 Å². The number of nitrogens with one attached hydrogen (secondary N) is 2. The molecule has 0 unspecified atom stereocenters. The van der Waals surface area contributed by atoms with E-state index in [1.54, 1.807) is 19.1 Å². The number of aromatic nitrogens is 2. The van der Waals surface area contributed by atoms with Gasteiger partial charge in [0.15, 0.2) is 0 Å². The highest BCUT2D eigenvalue weighted by Gasteiger charge is 2.09. The lowest BCUT2D eigenvalue weighted by Gasteiger charge is -2.14. The molecule has 1 aromatic carbocycles. The fourth-order valence-electron chi connectivity index (χ4n) is 2.03. The first-order chi connectivity index (χ1) is 9.65. The summed E-state index contributed by atoms with van der Waals surface area (Å²) < 4.78 is 13.3. The van der Waals surface area contributed by atoms with Crippen molar-refractivity contribution in [3.05, 3.63) is 41.5 Å². The molecule has 0 saturated heterocycles. The average Bonchev–Trinajstić information content (AvgIpc) is 2.44. The van der Waals surface area contributed by atoms with E-state index in [1.807, 2.05) is 6.92 Å². The molecule has 0 fully saturated rings. The van der Waals surface area contributed by atoms with Crippen LogP contribution in [0.2, 0.25) is 0 Å². The van der Waals surface area contributed by atoms with Crippen LogP contribution in [0.15, 0.2) is 24.5 Å². The van der Waals surface area contributed by atoms with Crippen molar-refractivity contribution in [3.8, 4) is 0 Å². The molecule has 0 saturated carbocycles. The monoisotopic (exact) mass is 274 g/mol. The maximum Gasteiger partial charge on any atom is 0.139 e. The molecule has 2 N–H and O–H groups in total. The molecule has 1 aromatic heterocycles.